The highest BCUT2D eigenvalue weighted by Crippen LogP contribution is 2.12. The van der Waals surface area contributed by atoms with Crippen molar-refractivity contribution in [2.45, 2.75) is 32.6 Å². The van der Waals surface area contributed by atoms with Crippen molar-refractivity contribution < 1.29 is 22.8 Å². The van der Waals surface area contributed by atoms with Gasteiger partial charge in [-0.25, -0.2) is 4.79 Å². The highest BCUT2D eigenvalue weighted by Gasteiger charge is 2.28. The molecule has 0 bridgehead atoms. The van der Waals surface area contributed by atoms with E-state index in [9.17, 15) is 22.8 Å². The monoisotopic (exact) mass is 331 g/mol. The Labute approximate surface area is 132 Å². The van der Waals surface area contributed by atoms with E-state index in [1.54, 1.807) is 5.32 Å². The molecule has 2 N–H and O–H groups in total. The topological polar surface area (TPSA) is 61.4 Å². The molecule has 3 amide bonds. The maximum Gasteiger partial charge on any atom is 0.405 e. The molecule has 1 rings (SSSR count). The van der Waals surface area contributed by atoms with E-state index in [1.807, 2.05) is 54.4 Å². The maximum absolute atomic E-state index is 12.0. The molecule has 128 valence electrons. The summed E-state index contributed by atoms with van der Waals surface area (Å²) in [6.45, 7) is 2.70. The second kappa shape index (κ2) is 8.52. The fraction of sp³-hybridized carbons (Fsp3) is 0.467. The zero-order valence-electron chi connectivity index (χ0n) is 13.0. The number of nitrogens with zero attached hydrogens (tertiary/aromatic N) is 1. The quantitative estimate of drug-likeness (QED) is 0.841. The highest BCUT2D eigenvalue weighted by atomic mass is 19.4. The second-order valence-electron chi connectivity index (χ2n) is 5.33. The van der Waals surface area contributed by atoms with Gasteiger partial charge < -0.3 is 5.32 Å². The van der Waals surface area contributed by atoms with Gasteiger partial charge in [0.25, 0.3) is 0 Å². The summed E-state index contributed by atoms with van der Waals surface area (Å²) >= 11 is 0. The summed E-state index contributed by atoms with van der Waals surface area (Å²) in [6, 6.07) is 8.31. The third kappa shape index (κ3) is 8.20. The Kier molecular flexibility index (Phi) is 7.02. The third-order valence-electron chi connectivity index (χ3n) is 3.01. The molecule has 0 aromatic heterocycles. The van der Waals surface area contributed by atoms with Gasteiger partial charge in [-0.1, -0.05) is 30.3 Å². The van der Waals surface area contributed by atoms with Gasteiger partial charge in [-0.3, -0.25) is 15.0 Å². The minimum atomic E-state index is -4.52. The van der Waals surface area contributed by atoms with Gasteiger partial charge in [0.1, 0.15) is 6.54 Å². The molecule has 0 unspecified atom stereocenters. The molecule has 0 heterocycles. The molecule has 0 fully saturated rings. The molecule has 0 atom stereocenters. The predicted molar refractivity (Wildman–Crippen MR) is 79.6 cm³/mol. The van der Waals surface area contributed by atoms with E-state index < -0.39 is 24.7 Å². The standard InChI is InChI=1S/C15H20F3N3O2/c1-11(2)21(8-12-6-4-3-5-7-12)9-13(22)20-14(23)19-10-15(16,17)18/h3-7,11H,8-10H2,1-2H3,(H2,19,20,22,23). The number of halogens is 3. The first-order chi connectivity index (χ1) is 10.7. The summed E-state index contributed by atoms with van der Waals surface area (Å²) in [7, 11) is 0. The fourth-order valence-electron chi connectivity index (χ4n) is 1.81. The van der Waals surface area contributed by atoms with Gasteiger partial charge in [0.15, 0.2) is 0 Å². The summed E-state index contributed by atoms with van der Waals surface area (Å²) in [5.41, 5.74) is 0.996. The number of nitrogens with one attached hydrogen (secondary N) is 2. The van der Waals surface area contributed by atoms with Crippen LogP contribution in [0.5, 0.6) is 0 Å². The Bertz CT molecular complexity index is 518. The first kappa shape index (κ1) is 19.0. The first-order valence-corrected chi connectivity index (χ1v) is 7.10. The molecule has 1 aromatic rings. The Morgan fingerprint density at radius 3 is 2.30 bits per heavy atom. The SMILES string of the molecule is CC(C)N(CC(=O)NC(=O)NCC(F)(F)F)Cc1ccccc1. The van der Waals surface area contributed by atoms with Crippen LogP contribution in [0.2, 0.25) is 0 Å². The van der Waals surface area contributed by atoms with Crippen LogP contribution in [0.25, 0.3) is 0 Å². The van der Waals surface area contributed by atoms with Crippen LogP contribution in [0, 0.1) is 0 Å². The van der Waals surface area contributed by atoms with Crippen molar-refractivity contribution in [2.75, 3.05) is 13.1 Å². The predicted octanol–water partition coefficient (Wildman–Crippen LogP) is 2.29. The Hall–Kier alpha value is -2.09. The zero-order valence-corrected chi connectivity index (χ0v) is 13.0. The number of hydrogen-bond donors (Lipinski definition) is 2. The van der Waals surface area contributed by atoms with Gasteiger partial charge in [-0.05, 0) is 19.4 Å². The minimum absolute atomic E-state index is 0.0270. The number of hydrogen-bond acceptors (Lipinski definition) is 3. The summed E-state index contributed by atoms with van der Waals surface area (Å²) in [5.74, 6) is -0.658. The van der Waals surface area contributed by atoms with Crippen LogP contribution in [0.3, 0.4) is 0 Å². The van der Waals surface area contributed by atoms with E-state index in [2.05, 4.69) is 0 Å². The summed E-state index contributed by atoms with van der Waals surface area (Å²) in [4.78, 5) is 24.8. The lowest BCUT2D eigenvalue weighted by atomic mass is 10.2. The lowest BCUT2D eigenvalue weighted by Crippen LogP contribution is -2.47. The maximum atomic E-state index is 12.0. The number of urea groups is 1. The normalized spacial score (nSPS) is 11.6. The molecule has 5 nitrogen and oxygen atoms in total. The van der Waals surface area contributed by atoms with Crippen LogP contribution in [0.4, 0.5) is 18.0 Å². The molecule has 0 aliphatic rings. The van der Waals surface area contributed by atoms with Crippen LogP contribution in [0.1, 0.15) is 19.4 Å². The molecule has 0 aliphatic heterocycles. The Balaban J connectivity index is 2.50. The molecule has 0 radical (unpaired) electrons. The zero-order chi connectivity index (χ0) is 17.5. The van der Waals surface area contributed by atoms with Gasteiger partial charge in [0.2, 0.25) is 5.91 Å². The van der Waals surface area contributed by atoms with Crippen LogP contribution in [-0.4, -0.2) is 42.1 Å². The van der Waals surface area contributed by atoms with Crippen LogP contribution < -0.4 is 10.6 Å². The molecule has 0 saturated carbocycles. The number of carbonyl (C=O) groups is 2. The lowest BCUT2D eigenvalue weighted by Gasteiger charge is -2.25. The van der Waals surface area contributed by atoms with Gasteiger partial charge in [-0.15, -0.1) is 0 Å². The van der Waals surface area contributed by atoms with Crippen LogP contribution in [-0.2, 0) is 11.3 Å². The van der Waals surface area contributed by atoms with E-state index in [0.29, 0.717) is 6.54 Å². The fourth-order valence-corrected chi connectivity index (χ4v) is 1.81. The number of benzene rings is 1. The van der Waals surface area contributed by atoms with E-state index in [0.717, 1.165) is 5.56 Å². The van der Waals surface area contributed by atoms with E-state index in [4.69, 9.17) is 0 Å². The minimum Gasteiger partial charge on any atom is -0.329 e. The molecule has 23 heavy (non-hydrogen) atoms. The largest absolute Gasteiger partial charge is 0.405 e. The molecule has 0 spiro atoms. The molecular weight excluding hydrogens is 311 g/mol. The van der Waals surface area contributed by atoms with Crippen molar-refractivity contribution in [1.82, 2.24) is 15.5 Å². The molecule has 0 saturated heterocycles. The van der Waals surface area contributed by atoms with Crippen molar-refractivity contribution in [3.8, 4) is 0 Å². The van der Waals surface area contributed by atoms with Gasteiger partial charge >= 0.3 is 12.2 Å². The van der Waals surface area contributed by atoms with Crippen LogP contribution >= 0.6 is 0 Å². The van der Waals surface area contributed by atoms with Gasteiger partial charge in [-0.2, -0.15) is 13.2 Å². The molecular formula is C15H20F3N3O2. The second-order valence-corrected chi connectivity index (χ2v) is 5.33. The number of rotatable bonds is 6. The molecule has 1 aromatic carbocycles. The van der Waals surface area contributed by atoms with Crippen molar-refractivity contribution in [1.29, 1.82) is 0 Å². The van der Waals surface area contributed by atoms with Crippen LogP contribution in [0.15, 0.2) is 30.3 Å². The molecule has 8 heteroatoms. The van der Waals surface area contributed by atoms with Gasteiger partial charge in [0.05, 0.1) is 6.54 Å². The van der Waals surface area contributed by atoms with E-state index >= 15 is 0 Å². The highest BCUT2D eigenvalue weighted by molar-refractivity contribution is 5.95. The molecule has 0 aliphatic carbocycles. The number of carbonyl (C=O) groups excluding carboxylic acids is 2. The van der Waals surface area contributed by atoms with Crippen molar-refractivity contribution in [3.63, 3.8) is 0 Å². The summed E-state index contributed by atoms with van der Waals surface area (Å²) < 4.78 is 35.9. The lowest BCUT2D eigenvalue weighted by molar-refractivity contribution is -0.125. The number of alkyl halides is 3. The van der Waals surface area contributed by atoms with E-state index in [1.165, 1.54) is 0 Å². The Morgan fingerprint density at radius 2 is 1.78 bits per heavy atom. The number of imide groups is 1. The first-order valence-electron chi connectivity index (χ1n) is 7.10. The van der Waals surface area contributed by atoms with Crippen molar-refractivity contribution >= 4 is 11.9 Å². The van der Waals surface area contributed by atoms with Crippen molar-refractivity contribution in [2.24, 2.45) is 0 Å². The van der Waals surface area contributed by atoms with Crippen molar-refractivity contribution in [3.05, 3.63) is 35.9 Å². The summed E-state index contributed by atoms with van der Waals surface area (Å²) in [5, 5.41) is 3.48. The average molecular weight is 331 g/mol. The van der Waals surface area contributed by atoms with Gasteiger partial charge in [0, 0.05) is 12.6 Å². The average Bonchev–Trinajstić information content (AvgIpc) is 2.44. The smallest absolute Gasteiger partial charge is 0.329 e. The Morgan fingerprint density at radius 1 is 1.17 bits per heavy atom. The van der Waals surface area contributed by atoms with E-state index in [-0.39, 0.29) is 12.6 Å². The summed E-state index contributed by atoms with van der Waals surface area (Å²) in [6.07, 6.45) is -4.52. The number of amides is 3. The third-order valence-corrected chi connectivity index (χ3v) is 3.01.